The maximum Gasteiger partial charge on any atom is 0.331 e. The summed E-state index contributed by atoms with van der Waals surface area (Å²) in [5, 5.41) is 8.82. The third-order valence-corrected chi connectivity index (χ3v) is 3.45. The minimum atomic E-state index is -0.354. The minimum absolute atomic E-state index is 0.0258. The normalized spacial score (nSPS) is 21.1. The van der Waals surface area contributed by atoms with Gasteiger partial charge in [-0.2, -0.15) is 5.26 Å². The van der Waals surface area contributed by atoms with Crippen LogP contribution in [-0.2, 0) is 9.53 Å². The lowest BCUT2D eigenvalue weighted by Gasteiger charge is -2.09. The molecule has 110 valence electrons. The molecule has 4 nitrogen and oxygen atoms in total. The van der Waals surface area contributed by atoms with E-state index in [-0.39, 0.29) is 18.0 Å². The molecular formula is C17H19NO3. The smallest absolute Gasteiger partial charge is 0.331 e. The van der Waals surface area contributed by atoms with Gasteiger partial charge in [-0.25, -0.2) is 4.79 Å². The molecule has 0 aliphatic heterocycles. The van der Waals surface area contributed by atoms with Crippen LogP contribution in [0, 0.1) is 17.2 Å². The summed E-state index contributed by atoms with van der Waals surface area (Å²) in [4.78, 5) is 11.7. The number of nitrogens with zero attached hydrogens (tertiary/aromatic N) is 1. The second kappa shape index (κ2) is 7.49. The van der Waals surface area contributed by atoms with Crippen molar-refractivity contribution in [3.63, 3.8) is 0 Å². The van der Waals surface area contributed by atoms with Crippen LogP contribution in [-0.4, -0.2) is 18.7 Å². The van der Waals surface area contributed by atoms with Crippen molar-refractivity contribution in [3.8, 4) is 11.8 Å². The second-order valence-corrected chi connectivity index (χ2v) is 5.03. The highest BCUT2D eigenvalue weighted by Crippen LogP contribution is 2.27. The van der Waals surface area contributed by atoms with E-state index in [0.29, 0.717) is 13.0 Å². The number of carbonyl (C=O) groups is 1. The SMILES string of the molecule is CCOc1ccc(C=CC(=O)OC2CCC(C#N)C2)cc1. The maximum absolute atomic E-state index is 11.7. The monoisotopic (exact) mass is 285 g/mol. The highest BCUT2D eigenvalue weighted by atomic mass is 16.5. The molecule has 2 atom stereocenters. The van der Waals surface area contributed by atoms with Crippen molar-refractivity contribution in [2.45, 2.75) is 32.3 Å². The van der Waals surface area contributed by atoms with Gasteiger partial charge in [0.15, 0.2) is 0 Å². The molecule has 1 aromatic rings. The molecule has 2 unspecified atom stereocenters. The van der Waals surface area contributed by atoms with E-state index in [2.05, 4.69) is 6.07 Å². The fourth-order valence-corrected chi connectivity index (χ4v) is 2.37. The molecule has 2 rings (SSSR count). The summed E-state index contributed by atoms with van der Waals surface area (Å²) in [6.45, 7) is 2.57. The van der Waals surface area contributed by atoms with E-state index in [1.807, 2.05) is 31.2 Å². The van der Waals surface area contributed by atoms with Crippen LogP contribution in [0.4, 0.5) is 0 Å². The van der Waals surface area contributed by atoms with Gasteiger partial charge in [-0.05, 0) is 43.5 Å². The number of hydrogen-bond donors (Lipinski definition) is 0. The molecule has 0 saturated heterocycles. The Kier molecular flexibility index (Phi) is 5.39. The van der Waals surface area contributed by atoms with E-state index in [9.17, 15) is 4.79 Å². The summed E-state index contributed by atoms with van der Waals surface area (Å²) >= 11 is 0. The van der Waals surface area contributed by atoms with Crippen molar-refractivity contribution >= 4 is 12.0 Å². The first kappa shape index (κ1) is 15.1. The van der Waals surface area contributed by atoms with Gasteiger partial charge in [-0.3, -0.25) is 0 Å². The Bertz CT molecular complexity index is 542. The predicted molar refractivity (Wildman–Crippen MR) is 79.5 cm³/mol. The van der Waals surface area contributed by atoms with Gasteiger partial charge in [0.25, 0.3) is 0 Å². The van der Waals surface area contributed by atoms with Crippen molar-refractivity contribution < 1.29 is 14.3 Å². The van der Waals surface area contributed by atoms with Gasteiger partial charge in [0, 0.05) is 18.4 Å². The molecule has 0 aromatic heterocycles. The van der Waals surface area contributed by atoms with Gasteiger partial charge in [0.1, 0.15) is 11.9 Å². The van der Waals surface area contributed by atoms with Gasteiger partial charge >= 0.3 is 5.97 Å². The molecular weight excluding hydrogens is 266 g/mol. The summed E-state index contributed by atoms with van der Waals surface area (Å²) in [5.41, 5.74) is 0.914. The zero-order valence-corrected chi connectivity index (χ0v) is 12.1. The average molecular weight is 285 g/mol. The highest BCUT2D eigenvalue weighted by Gasteiger charge is 2.26. The number of esters is 1. The standard InChI is InChI=1S/C17H19NO3/c1-2-20-15-7-3-13(4-8-15)6-10-17(19)21-16-9-5-14(11-16)12-18/h3-4,6-8,10,14,16H,2,5,9,11H2,1H3. The number of benzene rings is 1. The van der Waals surface area contributed by atoms with Crippen molar-refractivity contribution in [1.82, 2.24) is 0 Å². The van der Waals surface area contributed by atoms with Crippen molar-refractivity contribution in [2.24, 2.45) is 5.92 Å². The van der Waals surface area contributed by atoms with Gasteiger partial charge in [0.2, 0.25) is 0 Å². The summed E-state index contributed by atoms with van der Waals surface area (Å²) in [7, 11) is 0. The van der Waals surface area contributed by atoms with Crippen molar-refractivity contribution in [2.75, 3.05) is 6.61 Å². The molecule has 0 radical (unpaired) electrons. The Morgan fingerprint density at radius 2 is 2.14 bits per heavy atom. The second-order valence-electron chi connectivity index (χ2n) is 5.03. The van der Waals surface area contributed by atoms with Crippen LogP contribution in [0.5, 0.6) is 5.75 Å². The fraction of sp³-hybridized carbons (Fsp3) is 0.412. The number of rotatable bonds is 5. The first-order valence-electron chi connectivity index (χ1n) is 7.22. The molecule has 4 heteroatoms. The number of nitriles is 1. The summed E-state index contributed by atoms with van der Waals surface area (Å²) in [5.74, 6) is 0.482. The van der Waals surface area contributed by atoms with Gasteiger partial charge in [0.05, 0.1) is 12.7 Å². The third-order valence-electron chi connectivity index (χ3n) is 3.45. The van der Waals surface area contributed by atoms with E-state index >= 15 is 0 Å². The molecule has 0 heterocycles. The van der Waals surface area contributed by atoms with E-state index in [4.69, 9.17) is 14.7 Å². The van der Waals surface area contributed by atoms with Gasteiger partial charge < -0.3 is 9.47 Å². The molecule has 0 amide bonds. The number of carbonyl (C=O) groups excluding carboxylic acids is 1. The van der Waals surface area contributed by atoms with E-state index in [0.717, 1.165) is 24.2 Å². The van der Waals surface area contributed by atoms with Gasteiger partial charge in [-0.1, -0.05) is 12.1 Å². The van der Waals surface area contributed by atoms with E-state index < -0.39 is 0 Å². The lowest BCUT2D eigenvalue weighted by Crippen LogP contribution is -2.13. The largest absolute Gasteiger partial charge is 0.494 e. The summed E-state index contributed by atoms with van der Waals surface area (Å²) in [6, 6.07) is 9.72. The molecule has 1 aliphatic rings. The van der Waals surface area contributed by atoms with Crippen LogP contribution < -0.4 is 4.74 Å². The van der Waals surface area contributed by atoms with Crippen LogP contribution in [0.2, 0.25) is 0 Å². The average Bonchev–Trinajstić information content (AvgIpc) is 2.94. The van der Waals surface area contributed by atoms with Crippen molar-refractivity contribution in [3.05, 3.63) is 35.9 Å². The lowest BCUT2D eigenvalue weighted by atomic mass is 10.1. The maximum atomic E-state index is 11.7. The molecule has 21 heavy (non-hydrogen) atoms. The molecule has 1 fully saturated rings. The van der Waals surface area contributed by atoms with Crippen molar-refractivity contribution in [1.29, 1.82) is 5.26 Å². The quantitative estimate of drug-likeness (QED) is 0.615. The first-order chi connectivity index (χ1) is 10.2. The minimum Gasteiger partial charge on any atom is -0.494 e. The molecule has 0 N–H and O–H groups in total. The molecule has 1 aliphatic carbocycles. The zero-order valence-electron chi connectivity index (χ0n) is 12.1. The van der Waals surface area contributed by atoms with Crippen LogP contribution in [0.1, 0.15) is 31.7 Å². The van der Waals surface area contributed by atoms with Crippen LogP contribution in [0.3, 0.4) is 0 Å². The molecule has 1 aromatic carbocycles. The Morgan fingerprint density at radius 1 is 1.38 bits per heavy atom. The zero-order chi connectivity index (χ0) is 15.1. The van der Waals surface area contributed by atoms with E-state index in [1.165, 1.54) is 6.08 Å². The number of hydrogen-bond acceptors (Lipinski definition) is 4. The molecule has 0 spiro atoms. The third kappa shape index (κ3) is 4.64. The Hall–Kier alpha value is -2.28. The first-order valence-corrected chi connectivity index (χ1v) is 7.22. The Morgan fingerprint density at radius 3 is 2.76 bits per heavy atom. The lowest BCUT2D eigenvalue weighted by molar-refractivity contribution is -0.142. The van der Waals surface area contributed by atoms with E-state index in [1.54, 1.807) is 6.08 Å². The topological polar surface area (TPSA) is 59.3 Å². The van der Waals surface area contributed by atoms with Crippen LogP contribution >= 0.6 is 0 Å². The van der Waals surface area contributed by atoms with Crippen LogP contribution in [0.15, 0.2) is 30.3 Å². The van der Waals surface area contributed by atoms with Crippen LogP contribution in [0.25, 0.3) is 6.08 Å². The molecule has 1 saturated carbocycles. The summed E-state index contributed by atoms with van der Waals surface area (Å²) in [6.07, 6.45) is 5.27. The molecule has 0 bridgehead atoms. The van der Waals surface area contributed by atoms with Gasteiger partial charge in [-0.15, -0.1) is 0 Å². The Labute approximate surface area is 125 Å². The fourth-order valence-electron chi connectivity index (χ4n) is 2.37. The number of ether oxygens (including phenoxy) is 2. The summed E-state index contributed by atoms with van der Waals surface area (Å²) < 4.78 is 10.7. The highest BCUT2D eigenvalue weighted by molar-refractivity contribution is 5.87. The predicted octanol–water partition coefficient (Wildman–Crippen LogP) is 3.33. The Balaban J connectivity index is 1.83.